The number of sulfonamides is 1. The number of benzene rings is 1. The first-order chi connectivity index (χ1) is 13.0. The van der Waals surface area contributed by atoms with Crippen LogP contribution < -0.4 is 5.32 Å². The molecule has 150 valence electrons. The van der Waals surface area contributed by atoms with Crippen LogP contribution >= 0.6 is 11.6 Å². The first kappa shape index (κ1) is 20.6. The number of halogens is 1. The van der Waals surface area contributed by atoms with Crippen LogP contribution in [0.3, 0.4) is 0 Å². The van der Waals surface area contributed by atoms with Gasteiger partial charge in [0.2, 0.25) is 15.9 Å². The number of amides is 1. The van der Waals surface area contributed by atoms with Gasteiger partial charge in [0, 0.05) is 30.1 Å². The van der Waals surface area contributed by atoms with Crippen molar-refractivity contribution < 1.29 is 13.2 Å². The van der Waals surface area contributed by atoms with Crippen LogP contribution in [0.4, 0.5) is 0 Å². The van der Waals surface area contributed by atoms with Crippen molar-refractivity contribution in [3.8, 4) is 0 Å². The summed E-state index contributed by atoms with van der Waals surface area (Å²) in [7, 11) is -3.60. The maximum Gasteiger partial charge on any atom is 0.243 e. The van der Waals surface area contributed by atoms with Gasteiger partial charge in [0.05, 0.1) is 4.90 Å². The minimum atomic E-state index is -3.60. The first-order valence-electron chi connectivity index (χ1n) is 10.0. The molecule has 5 nitrogen and oxygen atoms in total. The highest BCUT2D eigenvalue weighted by molar-refractivity contribution is 7.89. The normalized spacial score (nSPS) is 22.9. The summed E-state index contributed by atoms with van der Waals surface area (Å²) in [6.07, 6.45) is 9.37. The average Bonchev–Trinajstić information content (AvgIpc) is 3.09. The Labute approximate surface area is 167 Å². The molecule has 7 heteroatoms. The molecule has 27 heavy (non-hydrogen) atoms. The molecular weight excluding hydrogens is 384 g/mol. The third-order valence-electron chi connectivity index (χ3n) is 5.71. The van der Waals surface area contributed by atoms with Gasteiger partial charge in [0.1, 0.15) is 0 Å². The van der Waals surface area contributed by atoms with E-state index < -0.39 is 10.0 Å². The molecule has 1 N–H and O–H groups in total. The van der Waals surface area contributed by atoms with Gasteiger partial charge >= 0.3 is 0 Å². The van der Waals surface area contributed by atoms with Gasteiger partial charge in [-0.1, -0.05) is 49.8 Å². The second-order valence-corrected chi connectivity index (χ2v) is 9.98. The molecule has 0 aromatic heterocycles. The summed E-state index contributed by atoms with van der Waals surface area (Å²) in [6.45, 7) is 0.869. The molecule has 0 spiro atoms. The quantitative estimate of drug-likeness (QED) is 0.795. The molecule has 1 saturated heterocycles. The maximum atomic E-state index is 13.0. The number of nitrogens with zero attached hydrogens (tertiary/aromatic N) is 1. The number of carbonyl (C=O) groups excluding carboxylic acids is 1. The lowest BCUT2D eigenvalue weighted by atomic mass is 9.90. The standard InChI is InChI=1S/C20H29ClN2O3S/c21-17-10-6-12-19(14-17)27(25,26)23-13-7-11-18(23)15-22-20(24)16-8-4-2-1-3-5-9-16/h6,10,12,14,16,18H,1-5,7-9,11,13,15H2,(H,22,24). The van der Waals surface area contributed by atoms with E-state index in [9.17, 15) is 13.2 Å². The molecule has 3 rings (SSSR count). The fourth-order valence-corrected chi connectivity index (χ4v) is 6.17. The van der Waals surface area contributed by atoms with E-state index in [2.05, 4.69) is 5.32 Å². The van der Waals surface area contributed by atoms with Crippen molar-refractivity contribution in [3.63, 3.8) is 0 Å². The Hall–Kier alpha value is -1.11. The zero-order valence-electron chi connectivity index (χ0n) is 15.7. The topological polar surface area (TPSA) is 66.5 Å². The largest absolute Gasteiger partial charge is 0.354 e. The highest BCUT2D eigenvalue weighted by Gasteiger charge is 2.35. The van der Waals surface area contributed by atoms with Crippen LogP contribution in [0, 0.1) is 5.92 Å². The molecule has 1 unspecified atom stereocenters. The molecule has 0 radical (unpaired) electrons. The Bertz CT molecular complexity index is 745. The molecule has 1 atom stereocenters. The predicted molar refractivity (Wildman–Crippen MR) is 107 cm³/mol. The number of carbonyl (C=O) groups is 1. The fraction of sp³-hybridized carbons (Fsp3) is 0.650. The molecule has 1 aromatic carbocycles. The molecule has 2 aliphatic rings. The highest BCUT2D eigenvalue weighted by Crippen LogP contribution is 2.27. The van der Waals surface area contributed by atoms with Crippen LogP contribution in [-0.4, -0.2) is 37.8 Å². The number of hydrogen-bond donors (Lipinski definition) is 1. The average molecular weight is 413 g/mol. The molecular formula is C20H29ClN2O3S. The minimum absolute atomic E-state index is 0.0738. The van der Waals surface area contributed by atoms with Gasteiger partial charge in [-0.2, -0.15) is 4.31 Å². The summed E-state index contributed by atoms with van der Waals surface area (Å²) in [5, 5.41) is 3.44. The van der Waals surface area contributed by atoms with Crippen molar-refractivity contribution >= 4 is 27.5 Å². The van der Waals surface area contributed by atoms with Crippen molar-refractivity contribution in [2.45, 2.75) is 68.7 Å². The van der Waals surface area contributed by atoms with Crippen molar-refractivity contribution in [3.05, 3.63) is 29.3 Å². The van der Waals surface area contributed by atoms with E-state index in [1.165, 1.54) is 29.6 Å². The van der Waals surface area contributed by atoms with E-state index in [1.807, 2.05) is 0 Å². The monoisotopic (exact) mass is 412 g/mol. The lowest BCUT2D eigenvalue weighted by Crippen LogP contribution is -2.44. The van der Waals surface area contributed by atoms with Gasteiger partial charge in [-0.3, -0.25) is 4.79 Å². The van der Waals surface area contributed by atoms with Crippen molar-refractivity contribution in [1.82, 2.24) is 9.62 Å². The summed E-state index contributed by atoms with van der Waals surface area (Å²) in [6, 6.07) is 6.18. The Kier molecular flexibility index (Phi) is 7.17. The molecule has 1 aliphatic carbocycles. The van der Waals surface area contributed by atoms with Gasteiger partial charge in [-0.05, 0) is 43.9 Å². The molecule has 1 aromatic rings. The first-order valence-corrected chi connectivity index (χ1v) is 11.9. The van der Waals surface area contributed by atoms with Crippen molar-refractivity contribution in [2.24, 2.45) is 5.92 Å². The van der Waals surface area contributed by atoms with E-state index >= 15 is 0 Å². The zero-order valence-corrected chi connectivity index (χ0v) is 17.3. The molecule has 0 bridgehead atoms. The molecule has 1 heterocycles. The van der Waals surface area contributed by atoms with Crippen molar-refractivity contribution in [1.29, 1.82) is 0 Å². The van der Waals surface area contributed by atoms with Crippen LogP contribution in [-0.2, 0) is 14.8 Å². The Morgan fingerprint density at radius 3 is 2.48 bits per heavy atom. The molecule has 1 saturated carbocycles. The maximum absolute atomic E-state index is 13.0. The lowest BCUT2D eigenvalue weighted by Gasteiger charge is -2.26. The third-order valence-corrected chi connectivity index (χ3v) is 7.90. The smallest absolute Gasteiger partial charge is 0.243 e. The highest BCUT2D eigenvalue weighted by atomic mass is 35.5. The Balaban J connectivity index is 1.61. The second kappa shape index (κ2) is 9.39. The summed E-state index contributed by atoms with van der Waals surface area (Å²) in [5.41, 5.74) is 0. The van der Waals surface area contributed by atoms with Crippen LogP contribution in [0.25, 0.3) is 0 Å². The van der Waals surface area contributed by atoms with Gasteiger partial charge in [-0.25, -0.2) is 8.42 Å². The van der Waals surface area contributed by atoms with Crippen LogP contribution in [0.1, 0.15) is 57.8 Å². The zero-order chi connectivity index (χ0) is 19.3. The van der Waals surface area contributed by atoms with Crippen LogP contribution in [0.15, 0.2) is 29.2 Å². The van der Waals surface area contributed by atoms with Crippen LogP contribution in [0.2, 0.25) is 5.02 Å². The van der Waals surface area contributed by atoms with E-state index in [4.69, 9.17) is 11.6 Å². The molecule has 1 amide bonds. The van der Waals surface area contributed by atoms with Gasteiger partial charge in [0.15, 0.2) is 0 Å². The van der Waals surface area contributed by atoms with Crippen molar-refractivity contribution in [2.75, 3.05) is 13.1 Å². The number of nitrogens with one attached hydrogen (secondary N) is 1. The lowest BCUT2D eigenvalue weighted by molar-refractivity contribution is -0.125. The van der Waals surface area contributed by atoms with Gasteiger partial charge in [-0.15, -0.1) is 0 Å². The van der Waals surface area contributed by atoms with Gasteiger partial charge in [0.25, 0.3) is 0 Å². The summed E-state index contributed by atoms with van der Waals surface area (Å²) < 4.78 is 27.5. The van der Waals surface area contributed by atoms with E-state index in [1.54, 1.807) is 18.2 Å². The van der Waals surface area contributed by atoms with E-state index in [-0.39, 0.29) is 22.8 Å². The van der Waals surface area contributed by atoms with E-state index in [0.29, 0.717) is 18.1 Å². The summed E-state index contributed by atoms with van der Waals surface area (Å²) in [4.78, 5) is 12.8. The number of rotatable bonds is 5. The summed E-state index contributed by atoms with van der Waals surface area (Å²) in [5.74, 6) is 0.161. The second-order valence-electron chi connectivity index (χ2n) is 7.66. The third kappa shape index (κ3) is 5.24. The fourth-order valence-electron chi connectivity index (χ4n) is 4.17. The predicted octanol–water partition coefficient (Wildman–Crippen LogP) is 3.97. The Morgan fingerprint density at radius 1 is 1.07 bits per heavy atom. The Morgan fingerprint density at radius 2 is 1.78 bits per heavy atom. The van der Waals surface area contributed by atoms with E-state index in [0.717, 1.165) is 38.5 Å². The van der Waals surface area contributed by atoms with Gasteiger partial charge < -0.3 is 5.32 Å². The molecule has 2 fully saturated rings. The minimum Gasteiger partial charge on any atom is -0.354 e. The molecule has 1 aliphatic heterocycles. The SMILES string of the molecule is O=C(NCC1CCCN1S(=O)(=O)c1cccc(Cl)c1)C1CCCCCCC1. The number of hydrogen-bond acceptors (Lipinski definition) is 3. The summed E-state index contributed by atoms with van der Waals surface area (Å²) >= 11 is 5.97. The van der Waals surface area contributed by atoms with Crippen LogP contribution in [0.5, 0.6) is 0 Å².